The Balaban J connectivity index is 2.77. The highest BCUT2D eigenvalue weighted by Crippen LogP contribution is 2.13. The molecule has 1 heterocycles. The Kier molecular flexibility index (Phi) is 2.52. The summed E-state index contributed by atoms with van der Waals surface area (Å²) >= 11 is 5.85. The number of hydrogen-bond donors (Lipinski definition) is 1. The van der Waals surface area contributed by atoms with Gasteiger partial charge in [-0.05, 0) is 6.92 Å². The van der Waals surface area contributed by atoms with Crippen molar-refractivity contribution in [2.24, 2.45) is 12.8 Å². The highest BCUT2D eigenvalue weighted by molar-refractivity contribution is 6.31. The van der Waals surface area contributed by atoms with Gasteiger partial charge in [0.15, 0.2) is 0 Å². The molecule has 11 heavy (non-hydrogen) atoms. The van der Waals surface area contributed by atoms with Crippen molar-refractivity contribution >= 4 is 11.6 Å². The predicted octanol–water partition coefficient (Wildman–Crippen LogP) is 0.963. The molecule has 0 aromatic carbocycles. The number of nitrogens with zero attached hydrogens (tertiary/aromatic N) is 2. The summed E-state index contributed by atoms with van der Waals surface area (Å²) in [5, 5.41) is 4.85. The number of hydrogen-bond acceptors (Lipinski definition) is 2. The van der Waals surface area contributed by atoms with Crippen LogP contribution in [0.1, 0.15) is 12.6 Å². The number of halogens is 1. The highest BCUT2D eigenvalue weighted by Gasteiger charge is 2.06. The van der Waals surface area contributed by atoms with Crippen molar-refractivity contribution in [2.45, 2.75) is 19.4 Å². The zero-order chi connectivity index (χ0) is 8.43. The second-order valence-electron chi connectivity index (χ2n) is 2.78. The van der Waals surface area contributed by atoms with Gasteiger partial charge in [0.2, 0.25) is 0 Å². The monoisotopic (exact) mass is 173 g/mol. The molecule has 0 amide bonds. The van der Waals surface area contributed by atoms with Crippen LogP contribution >= 0.6 is 11.6 Å². The average molecular weight is 174 g/mol. The fraction of sp³-hybridized carbons (Fsp3) is 0.571. The van der Waals surface area contributed by atoms with Gasteiger partial charge in [0, 0.05) is 25.7 Å². The Hall–Kier alpha value is -0.540. The lowest BCUT2D eigenvalue weighted by Gasteiger charge is -2.00. The summed E-state index contributed by atoms with van der Waals surface area (Å²) in [5.41, 5.74) is 6.47. The molecule has 0 saturated carbocycles. The molecule has 1 atom stereocenters. The van der Waals surface area contributed by atoms with Gasteiger partial charge in [-0.1, -0.05) is 11.6 Å². The Morgan fingerprint density at radius 2 is 2.45 bits per heavy atom. The number of aryl methyl sites for hydroxylation is 1. The third kappa shape index (κ3) is 2.20. The van der Waals surface area contributed by atoms with E-state index in [-0.39, 0.29) is 6.04 Å². The molecule has 62 valence electrons. The Morgan fingerprint density at radius 3 is 2.82 bits per heavy atom. The standard InChI is InChI=1S/C7H12ClN3/c1-5(9)3-7-6(8)4-11(2)10-7/h4-5H,3,9H2,1-2H3. The summed E-state index contributed by atoms with van der Waals surface area (Å²) in [7, 11) is 1.84. The van der Waals surface area contributed by atoms with E-state index in [0.29, 0.717) is 5.02 Å². The molecule has 2 N–H and O–H groups in total. The molecule has 1 aromatic rings. The van der Waals surface area contributed by atoms with Crippen LogP contribution in [0.5, 0.6) is 0 Å². The third-order valence-corrected chi connectivity index (χ3v) is 1.69. The summed E-state index contributed by atoms with van der Waals surface area (Å²) < 4.78 is 1.69. The second kappa shape index (κ2) is 3.24. The fourth-order valence-corrected chi connectivity index (χ4v) is 1.21. The average Bonchev–Trinajstić information content (AvgIpc) is 2.09. The van der Waals surface area contributed by atoms with Crippen molar-refractivity contribution in [1.29, 1.82) is 0 Å². The number of nitrogens with two attached hydrogens (primary N) is 1. The van der Waals surface area contributed by atoms with E-state index in [9.17, 15) is 0 Å². The van der Waals surface area contributed by atoms with E-state index in [0.717, 1.165) is 12.1 Å². The molecular formula is C7H12ClN3. The number of rotatable bonds is 2. The summed E-state index contributed by atoms with van der Waals surface area (Å²) in [6.07, 6.45) is 2.51. The number of aromatic nitrogens is 2. The minimum Gasteiger partial charge on any atom is -0.328 e. The van der Waals surface area contributed by atoms with E-state index >= 15 is 0 Å². The second-order valence-corrected chi connectivity index (χ2v) is 3.19. The maximum atomic E-state index is 5.85. The minimum absolute atomic E-state index is 0.113. The van der Waals surface area contributed by atoms with E-state index in [1.165, 1.54) is 0 Å². The van der Waals surface area contributed by atoms with Crippen LogP contribution in [-0.4, -0.2) is 15.8 Å². The quantitative estimate of drug-likeness (QED) is 0.724. The molecule has 0 bridgehead atoms. The topological polar surface area (TPSA) is 43.8 Å². The van der Waals surface area contributed by atoms with Crippen LogP contribution in [0.25, 0.3) is 0 Å². The van der Waals surface area contributed by atoms with E-state index in [4.69, 9.17) is 17.3 Å². The predicted molar refractivity (Wildman–Crippen MR) is 45.6 cm³/mol. The van der Waals surface area contributed by atoms with Gasteiger partial charge in [0.1, 0.15) is 0 Å². The Labute approximate surface area is 71.1 Å². The first-order valence-electron chi connectivity index (χ1n) is 3.53. The molecule has 0 aliphatic heterocycles. The summed E-state index contributed by atoms with van der Waals surface area (Å²) in [4.78, 5) is 0. The molecule has 3 nitrogen and oxygen atoms in total. The lowest BCUT2D eigenvalue weighted by Crippen LogP contribution is -2.18. The van der Waals surface area contributed by atoms with Gasteiger partial charge < -0.3 is 5.73 Å². The molecule has 0 radical (unpaired) electrons. The van der Waals surface area contributed by atoms with Crippen LogP contribution in [-0.2, 0) is 13.5 Å². The first-order chi connectivity index (χ1) is 5.09. The summed E-state index contributed by atoms with van der Waals surface area (Å²) in [6.45, 7) is 1.94. The van der Waals surface area contributed by atoms with Crippen LogP contribution in [0.3, 0.4) is 0 Å². The van der Waals surface area contributed by atoms with Crippen LogP contribution < -0.4 is 5.73 Å². The largest absolute Gasteiger partial charge is 0.328 e. The molecule has 0 aliphatic carbocycles. The normalized spacial score (nSPS) is 13.5. The van der Waals surface area contributed by atoms with Crippen molar-refractivity contribution in [1.82, 2.24) is 9.78 Å². The molecular weight excluding hydrogens is 162 g/mol. The highest BCUT2D eigenvalue weighted by atomic mass is 35.5. The molecule has 1 rings (SSSR count). The van der Waals surface area contributed by atoms with Gasteiger partial charge in [-0.25, -0.2) is 0 Å². The van der Waals surface area contributed by atoms with Crippen molar-refractivity contribution in [2.75, 3.05) is 0 Å². The van der Waals surface area contributed by atoms with Crippen molar-refractivity contribution in [3.63, 3.8) is 0 Å². The van der Waals surface area contributed by atoms with E-state index in [1.807, 2.05) is 14.0 Å². The van der Waals surface area contributed by atoms with Crippen molar-refractivity contribution < 1.29 is 0 Å². The first kappa shape index (κ1) is 8.56. The Bertz CT molecular complexity index is 242. The maximum Gasteiger partial charge on any atom is 0.0826 e. The molecule has 1 unspecified atom stereocenters. The van der Waals surface area contributed by atoms with E-state index in [1.54, 1.807) is 10.9 Å². The van der Waals surface area contributed by atoms with Crippen LogP contribution in [0.15, 0.2) is 6.20 Å². The van der Waals surface area contributed by atoms with E-state index in [2.05, 4.69) is 5.10 Å². The van der Waals surface area contributed by atoms with Gasteiger partial charge >= 0.3 is 0 Å². The first-order valence-corrected chi connectivity index (χ1v) is 3.91. The van der Waals surface area contributed by atoms with Gasteiger partial charge in [0.05, 0.1) is 10.7 Å². The third-order valence-electron chi connectivity index (χ3n) is 1.37. The zero-order valence-electron chi connectivity index (χ0n) is 6.71. The molecule has 0 aliphatic rings. The molecule has 0 fully saturated rings. The van der Waals surface area contributed by atoms with Gasteiger partial charge in [0.25, 0.3) is 0 Å². The Morgan fingerprint density at radius 1 is 1.82 bits per heavy atom. The van der Waals surface area contributed by atoms with Crippen LogP contribution in [0.4, 0.5) is 0 Å². The minimum atomic E-state index is 0.113. The summed E-state index contributed by atoms with van der Waals surface area (Å²) in [6, 6.07) is 0.113. The van der Waals surface area contributed by atoms with Gasteiger partial charge in [-0.2, -0.15) is 5.10 Å². The molecule has 0 spiro atoms. The van der Waals surface area contributed by atoms with Crippen LogP contribution in [0, 0.1) is 0 Å². The smallest absolute Gasteiger partial charge is 0.0826 e. The molecule has 1 aromatic heterocycles. The molecule has 0 saturated heterocycles. The van der Waals surface area contributed by atoms with E-state index < -0.39 is 0 Å². The maximum absolute atomic E-state index is 5.85. The lowest BCUT2D eigenvalue weighted by atomic mass is 10.2. The fourth-order valence-electron chi connectivity index (χ4n) is 0.949. The lowest BCUT2D eigenvalue weighted by molar-refractivity contribution is 0.685. The zero-order valence-corrected chi connectivity index (χ0v) is 7.47. The SMILES string of the molecule is CC(N)Cc1nn(C)cc1Cl. The summed E-state index contributed by atoms with van der Waals surface area (Å²) in [5.74, 6) is 0. The molecule has 4 heteroatoms. The van der Waals surface area contributed by atoms with Gasteiger partial charge in [-0.15, -0.1) is 0 Å². The van der Waals surface area contributed by atoms with Gasteiger partial charge in [-0.3, -0.25) is 4.68 Å². The van der Waals surface area contributed by atoms with Crippen molar-refractivity contribution in [3.05, 3.63) is 16.9 Å². The van der Waals surface area contributed by atoms with Crippen molar-refractivity contribution in [3.8, 4) is 0 Å². The van der Waals surface area contributed by atoms with Crippen LogP contribution in [0.2, 0.25) is 5.02 Å².